The smallest absolute Gasteiger partial charge is 0.171 e. The average molecular weight is 384 g/mol. The Labute approximate surface area is 167 Å². The number of thiocarbonyl (C=S) groups is 1. The van der Waals surface area contributed by atoms with Crippen molar-refractivity contribution in [1.29, 1.82) is 0 Å². The Morgan fingerprint density at radius 1 is 1.11 bits per heavy atom. The molecule has 1 aromatic carbocycles. The number of hydrogen-bond donors (Lipinski definition) is 2. The molecular weight excluding hydrogens is 354 g/mol. The number of nitrogens with zero attached hydrogens (tertiary/aromatic N) is 3. The molecule has 5 nitrogen and oxygen atoms in total. The molecular formula is C21H29N5S. The highest BCUT2D eigenvalue weighted by molar-refractivity contribution is 7.80. The van der Waals surface area contributed by atoms with Crippen molar-refractivity contribution in [2.75, 3.05) is 5.32 Å². The number of aromatic nitrogens is 3. The maximum Gasteiger partial charge on any atom is 0.171 e. The standard InChI is InChI=1S/C21H29N5S/c1-15-8-4-5-11-18(15)23-21(27)22-17-10-7-9-16(14-17)20-25-24-19-12-3-2-6-13-26(19)20/h7,9-10,14-15,18H,2-6,8,11-13H2,1H3,(H2,22,23,27). The van der Waals surface area contributed by atoms with Gasteiger partial charge in [0.25, 0.3) is 0 Å². The van der Waals surface area contributed by atoms with Gasteiger partial charge in [0, 0.05) is 30.3 Å². The van der Waals surface area contributed by atoms with Gasteiger partial charge in [-0.05, 0) is 56.0 Å². The van der Waals surface area contributed by atoms with Gasteiger partial charge in [0.1, 0.15) is 5.82 Å². The number of rotatable bonds is 3. The molecule has 0 saturated heterocycles. The number of hydrogen-bond acceptors (Lipinski definition) is 3. The van der Waals surface area contributed by atoms with E-state index < -0.39 is 0 Å². The predicted octanol–water partition coefficient (Wildman–Crippen LogP) is 4.54. The molecule has 0 radical (unpaired) electrons. The van der Waals surface area contributed by atoms with E-state index in [9.17, 15) is 0 Å². The number of anilines is 1. The van der Waals surface area contributed by atoms with Crippen LogP contribution in [0.15, 0.2) is 24.3 Å². The van der Waals surface area contributed by atoms with Crippen molar-refractivity contribution in [3.05, 3.63) is 30.1 Å². The quantitative estimate of drug-likeness (QED) is 0.762. The normalized spacial score (nSPS) is 22.6. The molecule has 4 rings (SSSR count). The van der Waals surface area contributed by atoms with E-state index in [2.05, 4.69) is 56.6 Å². The molecule has 2 atom stereocenters. The Morgan fingerprint density at radius 2 is 2.00 bits per heavy atom. The zero-order valence-corrected chi connectivity index (χ0v) is 16.9. The summed E-state index contributed by atoms with van der Waals surface area (Å²) in [5.74, 6) is 2.76. The summed E-state index contributed by atoms with van der Waals surface area (Å²) >= 11 is 5.57. The van der Waals surface area contributed by atoms with Crippen molar-refractivity contribution in [3.63, 3.8) is 0 Å². The summed E-state index contributed by atoms with van der Waals surface area (Å²) in [6.45, 7) is 3.33. The fourth-order valence-electron chi connectivity index (χ4n) is 4.30. The second kappa shape index (κ2) is 8.38. The maximum atomic E-state index is 5.57. The fraction of sp³-hybridized carbons (Fsp3) is 0.571. The van der Waals surface area contributed by atoms with Crippen molar-refractivity contribution < 1.29 is 0 Å². The first kappa shape index (κ1) is 18.4. The first-order chi connectivity index (χ1) is 13.2. The summed E-state index contributed by atoms with van der Waals surface area (Å²) in [5, 5.41) is 16.5. The first-order valence-electron chi connectivity index (χ1n) is 10.3. The molecule has 2 N–H and O–H groups in total. The zero-order chi connectivity index (χ0) is 18.6. The Balaban J connectivity index is 1.46. The Kier molecular flexibility index (Phi) is 5.72. The van der Waals surface area contributed by atoms with Crippen molar-refractivity contribution in [3.8, 4) is 11.4 Å². The SMILES string of the molecule is CC1CCCCC1NC(=S)Nc1cccc(-c2nnc3n2CCCCC3)c1. The molecule has 144 valence electrons. The summed E-state index contributed by atoms with van der Waals surface area (Å²) in [6, 6.07) is 8.82. The third kappa shape index (κ3) is 4.32. The molecule has 1 aliphatic heterocycles. The highest BCUT2D eigenvalue weighted by atomic mass is 32.1. The van der Waals surface area contributed by atoms with Crippen molar-refractivity contribution in [1.82, 2.24) is 20.1 Å². The minimum Gasteiger partial charge on any atom is -0.359 e. The molecule has 2 unspecified atom stereocenters. The maximum absolute atomic E-state index is 5.57. The third-order valence-corrected chi connectivity index (χ3v) is 6.14. The summed E-state index contributed by atoms with van der Waals surface area (Å²) in [4.78, 5) is 0. The first-order valence-corrected chi connectivity index (χ1v) is 10.7. The predicted molar refractivity (Wildman–Crippen MR) is 114 cm³/mol. The second-order valence-corrected chi connectivity index (χ2v) is 8.36. The number of nitrogens with one attached hydrogen (secondary N) is 2. The summed E-state index contributed by atoms with van der Waals surface area (Å²) in [7, 11) is 0. The molecule has 0 amide bonds. The van der Waals surface area contributed by atoms with E-state index in [-0.39, 0.29) is 0 Å². The molecule has 0 bridgehead atoms. The van der Waals surface area contributed by atoms with Crippen LogP contribution in [0.5, 0.6) is 0 Å². The van der Waals surface area contributed by atoms with Gasteiger partial charge < -0.3 is 15.2 Å². The molecule has 27 heavy (non-hydrogen) atoms. The molecule has 0 spiro atoms. The van der Waals surface area contributed by atoms with Crippen LogP contribution in [0.4, 0.5) is 5.69 Å². The molecule has 2 aliphatic rings. The largest absolute Gasteiger partial charge is 0.359 e. The lowest BCUT2D eigenvalue weighted by Gasteiger charge is -2.30. The molecule has 1 aromatic heterocycles. The fourth-order valence-corrected chi connectivity index (χ4v) is 4.57. The van der Waals surface area contributed by atoms with Crippen LogP contribution in [0.3, 0.4) is 0 Å². The van der Waals surface area contributed by atoms with E-state index in [1.807, 2.05) is 0 Å². The van der Waals surface area contributed by atoms with Crippen LogP contribution in [-0.4, -0.2) is 25.9 Å². The molecule has 1 saturated carbocycles. The number of benzene rings is 1. The topological polar surface area (TPSA) is 54.8 Å². The second-order valence-electron chi connectivity index (χ2n) is 7.95. The Bertz CT molecular complexity index is 800. The van der Waals surface area contributed by atoms with E-state index in [0.717, 1.165) is 35.9 Å². The molecule has 2 heterocycles. The van der Waals surface area contributed by atoms with Gasteiger partial charge in [-0.2, -0.15) is 0 Å². The zero-order valence-electron chi connectivity index (χ0n) is 16.1. The lowest BCUT2D eigenvalue weighted by atomic mass is 9.86. The van der Waals surface area contributed by atoms with Crippen LogP contribution in [0.1, 0.15) is 57.7 Å². The molecule has 1 aliphatic carbocycles. The highest BCUT2D eigenvalue weighted by Crippen LogP contribution is 2.26. The van der Waals surface area contributed by atoms with Gasteiger partial charge in [0.15, 0.2) is 10.9 Å². The van der Waals surface area contributed by atoms with Crippen molar-refractivity contribution in [2.45, 2.75) is 70.9 Å². The van der Waals surface area contributed by atoms with Gasteiger partial charge in [0.05, 0.1) is 0 Å². The summed E-state index contributed by atoms with van der Waals surface area (Å²) in [5.41, 5.74) is 2.09. The summed E-state index contributed by atoms with van der Waals surface area (Å²) in [6.07, 6.45) is 9.82. The lowest BCUT2D eigenvalue weighted by Crippen LogP contribution is -2.43. The van der Waals surface area contributed by atoms with Crippen LogP contribution in [-0.2, 0) is 13.0 Å². The number of fused-ring (bicyclic) bond motifs is 1. The van der Waals surface area contributed by atoms with E-state index in [1.54, 1.807) is 0 Å². The Hall–Kier alpha value is -1.95. The highest BCUT2D eigenvalue weighted by Gasteiger charge is 2.22. The van der Waals surface area contributed by atoms with Crippen LogP contribution in [0.25, 0.3) is 11.4 Å². The van der Waals surface area contributed by atoms with E-state index in [0.29, 0.717) is 17.1 Å². The van der Waals surface area contributed by atoms with Gasteiger partial charge >= 0.3 is 0 Å². The van der Waals surface area contributed by atoms with Crippen molar-refractivity contribution in [2.24, 2.45) is 5.92 Å². The van der Waals surface area contributed by atoms with Crippen LogP contribution in [0, 0.1) is 5.92 Å². The lowest BCUT2D eigenvalue weighted by molar-refractivity contribution is 0.309. The van der Waals surface area contributed by atoms with Gasteiger partial charge in [-0.15, -0.1) is 10.2 Å². The molecule has 2 aromatic rings. The minimum atomic E-state index is 0.481. The van der Waals surface area contributed by atoms with Gasteiger partial charge in [-0.3, -0.25) is 0 Å². The third-order valence-electron chi connectivity index (χ3n) is 5.92. The Morgan fingerprint density at radius 3 is 2.89 bits per heavy atom. The number of aryl methyl sites for hydroxylation is 1. The molecule has 6 heteroatoms. The van der Waals surface area contributed by atoms with Gasteiger partial charge in [-0.1, -0.05) is 38.3 Å². The average Bonchev–Trinajstić information content (AvgIpc) is 2.92. The van der Waals surface area contributed by atoms with E-state index in [1.165, 1.54) is 44.9 Å². The monoisotopic (exact) mass is 383 g/mol. The van der Waals surface area contributed by atoms with E-state index in [4.69, 9.17) is 12.2 Å². The van der Waals surface area contributed by atoms with Crippen LogP contribution in [0.2, 0.25) is 0 Å². The van der Waals surface area contributed by atoms with Gasteiger partial charge in [0.2, 0.25) is 0 Å². The van der Waals surface area contributed by atoms with E-state index >= 15 is 0 Å². The van der Waals surface area contributed by atoms with Crippen LogP contribution < -0.4 is 10.6 Å². The molecule has 1 fully saturated rings. The summed E-state index contributed by atoms with van der Waals surface area (Å²) < 4.78 is 2.28. The van der Waals surface area contributed by atoms with Gasteiger partial charge in [-0.25, -0.2) is 0 Å². The minimum absolute atomic E-state index is 0.481. The van der Waals surface area contributed by atoms with Crippen LogP contribution >= 0.6 is 12.2 Å². The van der Waals surface area contributed by atoms with Crippen molar-refractivity contribution >= 4 is 23.0 Å².